The van der Waals surface area contributed by atoms with Crippen molar-refractivity contribution in [2.24, 2.45) is 11.8 Å². The van der Waals surface area contributed by atoms with Crippen LogP contribution in [0.25, 0.3) is 0 Å². The Morgan fingerprint density at radius 2 is 2.08 bits per heavy atom. The van der Waals surface area contributed by atoms with Crippen LogP contribution in [0.1, 0.15) is 31.5 Å². The van der Waals surface area contributed by atoms with Crippen molar-refractivity contribution in [1.82, 2.24) is 24.7 Å². The summed E-state index contributed by atoms with van der Waals surface area (Å²) in [7, 11) is 0. The number of amides is 2. The van der Waals surface area contributed by atoms with Gasteiger partial charge >= 0.3 is 6.03 Å². The van der Waals surface area contributed by atoms with E-state index in [0.29, 0.717) is 25.0 Å². The van der Waals surface area contributed by atoms with Crippen LogP contribution in [-0.2, 0) is 6.54 Å². The summed E-state index contributed by atoms with van der Waals surface area (Å²) >= 11 is 0. The van der Waals surface area contributed by atoms with E-state index in [1.54, 1.807) is 0 Å². The second-order valence-electron chi connectivity index (χ2n) is 7.78. The van der Waals surface area contributed by atoms with Crippen LogP contribution >= 0.6 is 0 Å². The predicted molar refractivity (Wildman–Crippen MR) is 101 cm³/mol. The molecule has 0 spiro atoms. The van der Waals surface area contributed by atoms with E-state index in [9.17, 15) is 9.90 Å². The Labute approximate surface area is 156 Å². The average Bonchev–Trinajstić information content (AvgIpc) is 3.07. The van der Waals surface area contributed by atoms with Crippen molar-refractivity contribution in [2.45, 2.75) is 39.2 Å². The number of carbonyl (C=O) groups is 1. The highest BCUT2D eigenvalue weighted by Gasteiger charge is 2.24. The molecule has 2 fully saturated rings. The summed E-state index contributed by atoms with van der Waals surface area (Å²) in [4.78, 5) is 21.1. The predicted octanol–water partition coefficient (Wildman–Crippen LogP) is 1.32. The number of piperidine rings is 2. The lowest BCUT2D eigenvalue weighted by Gasteiger charge is -2.34. The van der Waals surface area contributed by atoms with Gasteiger partial charge in [-0.1, -0.05) is 0 Å². The van der Waals surface area contributed by atoms with Crippen molar-refractivity contribution in [3.8, 4) is 0 Å². The van der Waals surface area contributed by atoms with Gasteiger partial charge in [-0.15, -0.1) is 0 Å². The molecule has 2 saturated heterocycles. The summed E-state index contributed by atoms with van der Waals surface area (Å²) in [5, 5.41) is 12.3. The standard InChI is InChI=1S/C19H33N5O2/c1-16-20-7-12-23(16)13-18-3-2-8-24(14-18)19(26)21-6-11-22-9-4-17(15-25)5-10-22/h7,12,17-18,25H,2-6,8-11,13-15H2,1H3,(H,21,26)/t18-/m1/s1. The lowest BCUT2D eigenvalue weighted by molar-refractivity contribution is 0.130. The van der Waals surface area contributed by atoms with Gasteiger partial charge in [-0.2, -0.15) is 0 Å². The number of hydrogen-bond acceptors (Lipinski definition) is 4. The van der Waals surface area contributed by atoms with Gasteiger partial charge in [0.2, 0.25) is 0 Å². The van der Waals surface area contributed by atoms with Crippen molar-refractivity contribution in [3.05, 3.63) is 18.2 Å². The highest BCUT2D eigenvalue weighted by Crippen LogP contribution is 2.19. The molecule has 2 amide bonds. The fraction of sp³-hybridized carbons (Fsp3) is 0.789. The second-order valence-corrected chi connectivity index (χ2v) is 7.78. The summed E-state index contributed by atoms with van der Waals surface area (Å²) in [6.45, 7) is 8.60. The van der Waals surface area contributed by atoms with Crippen molar-refractivity contribution in [1.29, 1.82) is 0 Å². The normalized spacial score (nSPS) is 22.5. The molecule has 3 rings (SSSR count). The van der Waals surface area contributed by atoms with Crippen molar-refractivity contribution in [3.63, 3.8) is 0 Å². The van der Waals surface area contributed by atoms with Gasteiger partial charge in [0.25, 0.3) is 0 Å². The Balaban J connectivity index is 1.37. The SMILES string of the molecule is Cc1nccn1C[C@H]1CCCN(C(=O)NCCN2CCC(CO)CC2)C1. The molecule has 2 aliphatic heterocycles. The summed E-state index contributed by atoms with van der Waals surface area (Å²) in [6.07, 6.45) is 8.22. The van der Waals surface area contributed by atoms with Gasteiger partial charge in [0.1, 0.15) is 5.82 Å². The Bertz CT molecular complexity index is 568. The Morgan fingerprint density at radius 3 is 2.77 bits per heavy atom. The van der Waals surface area contributed by atoms with Crippen LogP contribution in [-0.4, -0.2) is 76.4 Å². The first-order valence-corrected chi connectivity index (χ1v) is 9.99. The number of urea groups is 1. The monoisotopic (exact) mass is 363 g/mol. The second kappa shape index (κ2) is 9.37. The molecule has 2 aliphatic rings. The number of aliphatic hydroxyl groups excluding tert-OH is 1. The molecule has 2 N–H and O–H groups in total. The molecule has 0 saturated carbocycles. The minimum absolute atomic E-state index is 0.0716. The maximum Gasteiger partial charge on any atom is 0.317 e. The minimum atomic E-state index is 0.0716. The number of aliphatic hydroxyl groups is 1. The van der Waals surface area contributed by atoms with Crippen LogP contribution in [0.15, 0.2) is 12.4 Å². The molecule has 0 bridgehead atoms. The minimum Gasteiger partial charge on any atom is -0.396 e. The molecule has 7 heteroatoms. The molecule has 1 atom stereocenters. The molecule has 0 radical (unpaired) electrons. The Kier molecular flexibility index (Phi) is 6.91. The average molecular weight is 364 g/mol. The molecule has 0 aromatic carbocycles. The van der Waals surface area contributed by atoms with Gasteiger partial charge in [0.15, 0.2) is 0 Å². The number of imidazole rings is 1. The molecule has 7 nitrogen and oxygen atoms in total. The first kappa shape index (κ1) is 19.2. The number of aryl methyl sites for hydroxylation is 1. The molecule has 1 aromatic heterocycles. The lowest BCUT2D eigenvalue weighted by Crippen LogP contribution is -2.48. The number of carbonyl (C=O) groups excluding carboxylic acids is 1. The van der Waals surface area contributed by atoms with Gasteiger partial charge in [0.05, 0.1) is 0 Å². The number of hydrogen-bond donors (Lipinski definition) is 2. The first-order chi connectivity index (χ1) is 12.7. The maximum absolute atomic E-state index is 12.5. The number of likely N-dealkylation sites (tertiary alicyclic amines) is 2. The van der Waals surface area contributed by atoms with E-state index in [4.69, 9.17) is 0 Å². The van der Waals surface area contributed by atoms with Crippen LogP contribution < -0.4 is 5.32 Å². The van der Waals surface area contributed by atoms with Crippen LogP contribution in [0, 0.1) is 18.8 Å². The van der Waals surface area contributed by atoms with Gasteiger partial charge in [0, 0.05) is 51.7 Å². The maximum atomic E-state index is 12.5. The van der Waals surface area contributed by atoms with E-state index < -0.39 is 0 Å². The summed E-state index contributed by atoms with van der Waals surface area (Å²) < 4.78 is 2.18. The molecule has 26 heavy (non-hydrogen) atoms. The topological polar surface area (TPSA) is 73.6 Å². The van der Waals surface area contributed by atoms with Gasteiger partial charge in [-0.05, 0) is 57.5 Å². The molecule has 146 valence electrons. The highest BCUT2D eigenvalue weighted by atomic mass is 16.3. The van der Waals surface area contributed by atoms with E-state index in [2.05, 4.69) is 19.8 Å². The van der Waals surface area contributed by atoms with E-state index in [-0.39, 0.29) is 6.03 Å². The molecular formula is C19H33N5O2. The van der Waals surface area contributed by atoms with E-state index >= 15 is 0 Å². The Hall–Kier alpha value is -1.60. The summed E-state index contributed by atoms with van der Waals surface area (Å²) in [5.41, 5.74) is 0. The number of rotatable bonds is 6. The smallest absolute Gasteiger partial charge is 0.317 e. The molecule has 1 aromatic rings. The number of nitrogens with zero attached hydrogens (tertiary/aromatic N) is 4. The Morgan fingerprint density at radius 1 is 1.27 bits per heavy atom. The summed E-state index contributed by atoms with van der Waals surface area (Å²) in [6, 6.07) is 0.0716. The number of nitrogens with one attached hydrogen (secondary N) is 1. The van der Waals surface area contributed by atoms with Gasteiger partial charge in [-0.3, -0.25) is 0 Å². The molecule has 0 unspecified atom stereocenters. The first-order valence-electron chi connectivity index (χ1n) is 9.99. The zero-order chi connectivity index (χ0) is 18.4. The van der Waals surface area contributed by atoms with E-state index in [0.717, 1.165) is 64.4 Å². The van der Waals surface area contributed by atoms with E-state index in [1.807, 2.05) is 24.2 Å². The van der Waals surface area contributed by atoms with Crippen LogP contribution in [0.3, 0.4) is 0 Å². The van der Waals surface area contributed by atoms with E-state index in [1.165, 1.54) is 6.42 Å². The van der Waals surface area contributed by atoms with Crippen LogP contribution in [0.4, 0.5) is 4.79 Å². The van der Waals surface area contributed by atoms with Crippen molar-refractivity contribution in [2.75, 3.05) is 45.9 Å². The third-order valence-corrected chi connectivity index (χ3v) is 5.85. The van der Waals surface area contributed by atoms with Crippen LogP contribution in [0.5, 0.6) is 0 Å². The third-order valence-electron chi connectivity index (χ3n) is 5.85. The fourth-order valence-electron chi connectivity index (χ4n) is 4.10. The van der Waals surface area contributed by atoms with Crippen LogP contribution in [0.2, 0.25) is 0 Å². The quantitative estimate of drug-likeness (QED) is 0.799. The fourth-order valence-corrected chi connectivity index (χ4v) is 4.10. The third kappa shape index (κ3) is 5.20. The van der Waals surface area contributed by atoms with Gasteiger partial charge < -0.3 is 24.8 Å². The molecule has 3 heterocycles. The highest BCUT2D eigenvalue weighted by molar-refractivity contribution is 5.74. The number of aromatic nitrogens is 2. The molecular weight excluding hydrogens is 330 g/mol. The lowest BCUT2D eigenvalue weighted by atomic mass is 9.98. The molecule has 0 aliphatic carbocycles. The van der Waals surface area contributed by atoms with Crippen molar-refractivity contribution < 1.29 is 9.90 Å². The zero-order valence-electron chi connectivity index (χ0n) is 15.9. The zero-order valence-corrected chi connectivity index (χ0v) is 15.9. The van der Waals surface area contributed by atoms with Crippen molar-refractivity contribution >= 4 is 6.03 Å². The van der Waals surface area contributed by atoms with Gasteiger partial charge in [-0.25, -0.2) is 9.78 Å². The largest absolute Gasteiger partial charge is 0.396 e. The summed E-state index contributed by atoms with van der Waals surface area (Å²) in [5.74, 6) is 2.00.